The van der Waals surface area contributed by atoms with Gasteiger partial charge in [-0.2, -0.15) is 23.4 Å². The number of nitrogen functional groups attached to an aromatic ring is 1. The molecular formula is C17H15BF3N3O5. The first kappa shape index (κ1) is 21.9. The second-order valence-corrected chi connectivity index (χ2v) is 5.65. The van der Waals surface area contributed by atoms with Gasteiger partial charge in [-0.1, -0.05) is 12.1 Å². The number of methoxy groups -OCH3 is 1. The van der Waals surface area contributed by atoms with Gasteiger partial charge in [0.05, 0.1) is 30.1 Å². The number of ether oxygens (including phenoxy) is 1. The Morgan fingerprint density at radius 1 is 1.21 bits per heavy atom. The largest absolute Gasteiger partial charge is 0.496 e. The maximum absolute atomic E-state index is 13.2. The van der Waals surface area contributed by atoms with Crippen molar-refractivity contribution >= 4 is 35.6 Å². The van der Waals surface area contributed by atoms with E-state index in [-0.39, 0.29) is 17.8 Å². The van der Waals surface area contributed by atoms with Crippen LogP contribution in [0.5, 0.6) is 5.75 Å². The molecule has 0 fully saturated rings. The highest BCUT2D eigenvalue weighted by molar-refractivity contribution is 6.59. The third-order valence-corrected chi connectivity index (χ3v) is 3.94. The van der Waals surface area contributed by atoms with Crippen LogP contribution < -0.4 is 15.9 Å². The second-order valence-electron chi connectivity index (χ2n) is 5.65. The van der Waals surface area contributed by atoms with E-state index in [4.69, 9.17) is 20.4 Å². The van der Waals surface area contributed by atoms with Crippen molar-refractivity contribution in [2.24, 2.45) is 0 Å². The van der Waals surface area contributed by atoms with Crippen LogP contribution in [-0.4, -0.2) is 46.1 Å². The Morgan fingerprint density at radius 3 is 2.41 bits per heavy atom. The van der Waals surface area contributed by atoms with E-state index in [1.165, 1.54) is 13.3 Å². The van der Waals surface area contributed by atoms with Crippen molar-refractivity contribution < 1.29 is 37.9 Å². The molecule has 0 radical (unpaired) electrons. The van der Waals surface area contributed by atoms with Gasteiger partial charge >= 0.3 is 13.3 Å². The van der Waals surface area contributed by atoms with Gasteiger partial charge in [-0.25, -0.2) is 0 Å². The molecule has 1 heterocycles. The minimum absolute atomic E-state index is 0.0714. The summed E-state index contributed by atoms with van der Waals surface area (Å²) in [6.07, 6.45) is -3.38. The topological polar surface area (TPSA) is 139 Å². The molecule has 0 aliphatic carbocycles. The fourth-order valence-electron chi connectivity index (χ4n) is 2.70. The number of nitrogens with two attached hydrogens (primary N) is 1. The van der Waals surface area contributed by atoms with Crippen LogP contribution in [0.4, 0.5) is 18.9 Å². The van der Waals surface area contributed by atoms with E-state index < -0.39 is 24.3 Å². The maximum Gasteiger partial charge on any atom is 0.489 e. The molecule has 5 N–H and O–H groups in total. The third kappa shape index (κ3) is 4.73. The first-order chi connectivity index (χ1) is 13.6. The van der Waals surface area contributed by atoms with Crippen LogP contribution in [0.25, 0.3) is 22.0 Å². The molecule has 0 spiro atoms. The van der Waals surface area contributed by atoms with Gasteiger partial charge in [-0.3, -0.25) is 4.79 Å². The van der Waals surface area contributed by atoms with Crippen LogP contribution in [0.1, 0.15) is 5.56 Å². The van der Waals surface area contributed by atoms with Crippen molar-refractivity contribution in [3.8, 4) is 16.9 Å². The van der Waals surface area contributed by atoms with Gasteiger partial charge in [0.25, 0.3) is 6.47 Å². The number of carbonyl (C=O) groups is 1. The molecule has 8 nitrogen and oxygen atoms in total. The van der Waals surface area contributed by atoms with Crippen LogP contribution in [0, 0.1) is 0 Å². The first-order valence-electron chi connectivity index (χ1n) is 7.88. The average molecular weight is 409 g/mol. The summed E-state index contributed by atoms with van der Waals surface area (Å²) in [7, 11) is -1.07. The highest BCUT2D eigenvalue weighted by Crippen LogP contribution is 2.37. The Labute approximate surface area is 162 Å². The molecule has 3 rings (SSSR count). The number of aromatic nitrogens is 2. The number of benzene rings is 2. The summed E-state index contributed by atoms with van der Waals surface area (Å²) in [4.78, 5) is 8.36. The lowest BCUT2D eigenvalue weighted by molar-refractivity contribution is -0.137. The molecule has 3 aromatic rings. The predicted molar refractivity (Wildman–Crippen MR) is 99.5 cm³/mol. The number of alkyl halides is 3. The van der Waals surface area contributed by atoms with Gasteiger partial charge in [-0.15, -0.1) is 0 Å². The van der Waals surface area contributed by atoms with E-state index in [1.54, 1.807) is 18.2 Å². The summed E-state index contributed by atoms with van der Waals surface area (Å²) in [6, 6.07) is 6.63. The molecule has 1 aromatic heterocycles. The van der Waals surface area contributed by atoms with Crippen LogP contribution >= 0.6 is 0 Å². The lowest BCUT2D eigenvalue weighted by Crippen LogP contribution is -2.36. The molecule has 0 unspecified atom stereocenters. The number of fused-ring (bicyclic) bond motifs is 1. The smallest absolute Gasteiger partial charge is 0.489 e. The number of hydrogen-bond acceptors (Lipinski definition) is 7. The molecule has 0 saturated carbocycles. The molecular weight excluding hydrogens is 394 g/mol. The summed E-state index contributed by atoms with van der Waals surface area (Å²) in [5, 5.41) is 34.0. The summed E-state index contributed by atoms with van der Waals surface area (Å²) >= 11 is 0. The number of rotatable bonds is 3. The van der Waals surface area contributed by atoms with E-state index in [1.807, 2.05) is 0 Å². The van der Waals surface area contributed by atoms with Gasteiger partial charge in [0.1, 0.15) is 5.75 Å². The lowest BCUT2D eigenvalue weighted by Gasteiger charge is -2.17. The van der Waals surface area contributed by atoms with Gasteiger partial charge in [0.15, 0.2) is 0 Å². The SMILES string of the molecule is COc1cc(C(F)(F)F)c(B(O)O)cc1-c1ccc2c(N)cnnc2c1.O=CO. The highest BCUT2D eigenvalue weighted by atomic mass is 19.4. The van der Waals surface area contributed by atoms with Crippen molar-refractivity contribution in [2.45, 2.75) is 6.18 Å². The zero-order valence-electron chi connectivity index (χ0n) is 14.9. The molecule has 29 heavy (non-hydrogen) atoms. The van der Waals surface area contributed by atoms with E-state index >= 15 is 0 Å². The molecule has 2 aromatic carbocycles. The molecule has 0 bridgehead atoms. The van der Waals surface area contributed by atoms with Crippen LogP contribution in [0.15, 0.2) is 36.5 Å². The monoisotopic (exact) mass is 409 g/mol. The van der Waals surface area contributed by atoms with Gasteiger partial charge < -0.3 is 25.6 Å². The number of anilines is 1. The van der Waals surface area contributed by atoms with Crippen molar-refractivity contribution in [2.75, 3.05) is 12.8 Å². The molecule has 0 aliphatic rings. The number of hydrogen-bond donors (Lipinski definition) is 4. The van der Waals surface area contributed by atoms with Crippen LogP contribution in [-0.2, 0) is 11.0 Å². The van der Waals surface area contributed by atoms with E-state index in [9.17, 15) is 23.2 Å². The fraction of sp³-hybridized carbons (Fsp3) is 0.118. The molecule has 0 amide bonds. The summed E-state index contributed by atoms with van der Waals surface area (Å²) < 4.78 is 44.7. The molecule has 0 aliphatic heterocycles. The number of halogens is 3. The standard InChI is InChI=1S/C16H13BF3N3O3.CH2O2/c1-26-15-6-11(16(18,19)20)12(17(24)25)5-10(15)8-2-3-9-13(21)7-22-23-14(9)4-8;2-1-3/h2-7,24-25H,1H3,(H2,21,23);1H,(H,2,3). The number of nitrogens with zero attached hydrogens (tertiary/aromatic N) is 2. The summed E-state index contributed by atoms with van der Waals surface area (Å²) in [6.45, 7) is -0.250. The van der Waals surface area contributed by atoms with Crippen molar-refractivity contribution in [1.82, 2.24) is 10.2 Å². The quantitative estimate of drug-likeness (QED) is 0.375. The van der Waals surface area contributed by atoms with E-state index in [0.717, 1.165) is 12.1 Å². The summed E-state index contributed by atoms with van der Waals surface area (Å²) in [5.41, 5.74) is 5.52. The minimum Gasteiger partial charge on any atom is -0.496 e. The van der Waals surface area contributed by atoms with E-state index in [0.29, 0.717) is 22.2 Å². The fourth-order valence-corrected chi connectivity index (χ4v) is 2.70. The van der Waals surface area contributed by atoms with Crippen LogP contribution in [0.3, 0.4) is 0 Å². The van der Waals surface area contributed by atoms with E-state index in [2.05, 4.69) is 10.2 Å². The average Bonchev–Trinajstić information content (AvgIpc) is 2.66. The van der Waals surface area contributed by atoms with Gasteiger partial charge in [0, 0.05) is 10.9 Å². The Hall–Kier alpha value is -3.38. The number of carboxylic acid groups (broad SMARTS) is 1. The third-order valence-electron chi connectivity index (χ3n) is 3.94. The first-order valence-corrected chi connectivity index (χ1v) is 7.88. The highest BCUT2D eigenvalue weighted by Gasteiger charge is 2.37. The molecule has 152 valence electrons. The normalized spacial score (nSPS) is 10.8. The maximum atomic E-state index is 13.2. The van der Waals surface area contributed by atoms with Crippen molar-refractivity contribution in [3.63, 3.8) is 0 Å². The Bertz CT molecular complexity index is 1030. The Balaban J connectivity index is 0.000000941. The van der Waals surface area contributed by atoms with Crippen molar-refractivity contribution in [1.29, 1.82) is 0 Å². The lowest BCUT2D eigenvalue weighted by atomic mass is 9.75. The Morgan fingerprint density at radius 2 is 1.86 bits per heavy atom. The second kappa shape index (κ2) is 8.75. The zero-order chi connectivity index (χ0) is 21.8. The van der Waals surface area contributed by atoms with Gasteiger partial charge in [0.2, 0.25) is 0 Å². The summed E-state index contributed by atoms with van der Waals surface area (Å²) in [5.74, 6) is -0.0714. The Kier molecular flexibility index (Phi) is 6.62. The molecule has 12 heteroatoms. The van der Waals surface area contributed by atoms with Gasteiger partial charge in [-0.05, 0) is 29.2 Å². The van der Waals surface area contributed by atoms with Crippen molar-refractivity contribution in [3.05, 3.63) is 42.1 Å². The van der Waals surface area contributed by atoms with Crippen LogP contribution in [0.2, 0.25) is 0 Å². The zero-order valence-corrected chi connectivity index (χ0v) is 14.9. The predicted octanol–water partition coefficient (Wildman–Crippen LogP) is 1.29. The molecule has 0 saturated heterocycles. The molecule has 0 atom stereocenters. The minimum atomic E-state index is -4.77.